The first-order valence-electron chi connectivity index (χ1n) is 6.93. The number of aromatic nitrogens is 6. The van der Waals surface area contributed by atoms with Gasteiger partial charge in [-0.05, 0) is 35.4 Å². The molecule has 1 fully saturated rings. The summed E-state index contributed by atoms with van der Waals surface area (Å²) in [6.07, 6.45) is 1.99. The Morgan fingerprint density at radius 2 is 1.96 bits per heavy atom. The predicted octanol–water partition coefficient (Wildman–Crippen LogP) is 1.37. The number of benzene rings is 1. The molecule has 8 nitrogen and oxygen atoms in total. The summed E-state index contributed by atoms with van der Waals surface area (Å²) in [5.74, 6) is 0.472. The van der Waals surface area contributed by atoms with Gasteiger partial charge >= 0.3 is 5.69 Å². The summed E-state index contributed by atoms with van der Waals surface area (Å²) in [7, 11) is 0. The summed E-state index contributed by atoms with van der Waals surface area (Å²) in [5.41, 5.74) is -0.675. The van der Waals surface area contributed by atoms with E-state index in [1.807, 2.05) is 0 Å². The van der Waals surface area contributed by atoms with Crippen molar-refractivity contribution in [3.8, 4) is 0 Å². The van der Waals surface area contributed by atoms with Crippen LogP contribution < -0.4 is 11.2 Å². The van der Waals surface area contributed by atoms with Crippen molar-refractivity contribution in [2.24, 2.45) is 0 Å². The maximum Gasteiger partial charge on any atom is 0.329 e. The first-order valence-corrected chi connectivity index (χ1v) is 7.69. The van der Waals surface area contributed by atoms with E-state index in [9.17, 15) is 9.59 Å². The molecule has 0 bridgehead atoms. The number of nitrogens with one attached hydrogen (secondary N) is 1. The van der Waals surface area contributed by atoms with Crippen molar-refractivity contribution in [1.82, 2.24) is 29.8 Å². The smallest absolute Gasteiger partial charge is 0.307 e. The second-order valence-corrected chi connectivity index (χ2v) is 6.22. The molecule has 0 amide bonds. The van der Waals surface area contributed by atoms with Gasteiger partial charge in [-0.15, -0.1) is 5.10 Å². The Labute approximate surface area is 138 Å². The van der Waals surface area contributed by atoms with E-state index in [-0.39, 0.29) is 28.0 Å². The number of halogens is 2. The zero-order valence-electron chi connectivity index (χ0n) is 11.7. The molecule has 4 rings (SSSR count). The highest BCUT2D eigenvalue weighted by atomic mass is 35.5. The van der Waals surface area contributed by atoms with Gasteiger partial charge in [-0.3, -0.25) is 9.36 Å². The van der Waals surface area contributed by atoms with Gasteiger partial charge in [0.2, 0.25) is 0 Å². The molecule has 0 spiro atoms. The largest absolute Gasteiger partial charge is 0.329 e. The van der Waals surface area contributed by atoms with Gasteiger partial charge < -0.3 is 4.98 Å². The van der Waals surface area contributed by atoms with Gasteiger partial charge in [0.15, 0.2) is 5.82 Å². The van der Waals surface area contributed by atoms with E-state index in [1.165, 1.54) is 12.1 Å². The Bertz CT molecular complexity index is 1030. The van der Waals surface area contributed by atoms with Crippen LogP contribution in [0.3, 0.4) is 0 Å². The number of aromatic amines is 1. The van der Waals surface area contributed by atoms with Crippen LogP contribution in [0, 0.1) is 0 Å². The number of rotatable bonds is 3. The lowest BCUT2D eigenvalue weighted by Crippen LogP contribution is -2.36. The van der Waals surface area contributed by atoms with E-state index in [0.717, 1.165) is 17.4 Å². The minimum atomic E-state index is -0.550. The SMILES string of the molecule is O=c1[nH]c2cc(Cl)c(Cl)cc2c(=O)n1Cc1nnnn1C1CC1. The molecule has 3 aromatic rings. The molecule has 1 aromatic carbocycles. The molecule has 1 aliphatic rings. The fourth-order valence-electron chi connectivity index (χ4n) is 2.45. The average molecular weight is 353 g/mol. The molecule has 23 heavy (non-hydrogen) atoms. The molecule has 1 saturated carbocycles. The first kappa shape index (κ1) is 14.4. The van der Waals surface area contributed by atoms with Gasteiger partial charge in [-0.25, -0.2) is 9.48 Å². The van der Waals surface area contributed by atoms with Crippen molar-refractivity contribution >= 4 is 34.1 Å². The van der Waals surface area contributed by atoms with Crippen LogP contribution in [-0.2, 0) is 6.54 Å². The molecule has 2 heterocycles. The fraction of sp³-hybridized carbons (Fsp3) is 0.308. The van der Waals surface area contributed by atoms with E-state index in [4.69, 9.17) is 23.2 Å². The average Bonchev–Trinajstić information content (AvgIpc) is 3.25. The Balaban J connectivity index is 1.86. The number of tetrazole rings is 1. The second kappa shape index (κ2) is 5.17. The van der Waals surface area contributed by atoms with Crippen molar-refractivity contribution in [2.45, 2.75) is 25.4 Å². The minimum Gasteiger partial charge on any atom is -0.307 e. The molecule has 2 aromatic heterocycles. The Kier molecular flexibility index (Phi) is 3.24. The van der Waals surface area contributed by atoms with Gasteiger partial charge in [0, 0.05) is 0 Å². The number of nitrogens with zero attached hydrogens (tertiary/aromatic N) is 5. The third kappa shape index (κ3) is 2.43. The summed E-state index contributed by atoms with van der Waals surface area (Å²) in [5, 5.41) is 12.2. The number of hydrogen-bond donors (Lipinski definition) is 1. The number of H-pyrrole nitrogens is 1. The van der Waals surface area contributed by atoms with Crippen molar-refractivity contribution < 1.29 is 0 Å². The zero-order valence-corrected chi connectivity index (χ0v) is 13.2. The Morgan fingerprint density at radius 3 is 2.70 bits per heavy atom. The number of fused-ring (bicyclic) bond motifs is 1. The van der Waals surface area contributed by atoms with E-state index >= 15 is 0 Å². The van der Waals surface area contributed by atoms with Crippen LogP contribution in [0.1, 0.15) is 24.7 Å². The Hall–Kier alpha value is -2.19. The van der Waals surface area contributed by atoms with E-state index in [0.29, 0.717) is 11.3 Å². The monoisotopic (exact) mass is 352 g/mol. The van der Waals surface area contributed by atoms with Gasteiger partial charge in [0.05, 0.1) is 33.5 Å². The zero-order chi connectivity index (χ0) is 16.1. The molecular formula is C13H10Cl2N6O2. The van der Waals surface area contributed by atoms with Gasteiger partial charge in [-0.2, -0.15) is 0 Å². The number of hydrogen-bond acceptors (Lipinski definition) is 5. The molecular weight excluding hydrogens is 343 g/mol. The summed E-state index contributed by atoms with van der Waals surface area (Å²) < 4.78 is 2.71. The maximum absolute atomic E-state index is 12.6. The van der Waals surface area contributed by atoms with Crippen LogP contribution >= 0.6 is 23.2 Å². The molecule has 118 valence electrons. The summed E-state index contributed by atoms with van der Waals surface area (Å²) in [4.78, 5) is 27.5. The lowest BCUT2D eigenvalue weighted by Gasteiger charge is -2.07. The molecule has 0 aliphatic heterocycles. The highest BCUT2D eigenvalue weighted by Crippen LogP contribution is 2.34. The first-order chi connectivity index (χ1) is 11.0. The molecule has 0 atom stereocenters. The molecule has 0 radical (unpaired) electrons. The quantitative estimate of drug-likeness (QED) is 0.767. The third-order valence-corrected chi connectivity index (χ3v) is 4.50. The topological polar surface area (TPSA) is 98.5 Å². The summed E-state index contributed by atoms with van der Waals surface area (Å²) in [6, 6.07) is 3.15. The molecule has 0 unspecified atom stereocenters. The van der Waals surface area contributed by atoms with Gasteiger partial charge in [0.1, 0.15) is 0 Å². The van der Waals surface area contributed by atoms with Crippen molar-refractivity contribution in [3.05, 3.63) is 48.8 Å². The van der Waals surface area contributed by atoms with Crippen LogP contribution in [0.2, 0.25) is 10.0 Å². The maximum atomic E-state index is 12.6. The molecule has 0 saturated heterocycles. The van der Waals surface area contributed by atoms with E-state index in [1.54, 1.807) is 4.68 Å². The van der Waals surface area contributed by atoms with Gasteiger partial charge in [0.25, 0.3) is 5.56 Å². The minimum absolute atomic E-state index is 0.00610. The third-order valence-electron chi connectivity index (χ3n) is 3.78. The van der Waals surface area contributed by atoms with Crippen LogP contribution in [0.5, 0.6) is 0 Å². The van der Waals surface area contributed by atoms with Crippen molar-refractivity contribution in [3.63, 3.8) is 0 Å². The highest BCUT2D eigenvalue weighted by Gasteiger charge is 2.28. The van der Waals surface area contributed by atoms with E-state index in [2.05, 4.69) is 20.5 Å². The van der Waals surface area contributed by atoms with Crippen molar-refractivity contribution in [2.75, 3.05) is 0 Å². The summed E-state index contributed by atoms with van der Waals surface area (Å²) >= 11 is 11.9. The molecule has 1 aliphatic carbocycles. The van der Waals surface area contributed by atoms with Crippen LogP contribution in [-0.4, -0.2) is 29.8 Å². The molecule has 10 heteroatoms. The van der Waals surface area contributed by atoms with Crippen LogP contribution in [0.15, 0.2) is 21.7 Å². The lowest BCUT2D eigenvalue weighted by atomic mass is 10.2. The second-order valence-electron chi connectivity index (χ2n) is 5.40. The van der Waals surface area contributed by atoms with Crippen LogP contribution in [0.25, 0.3) is 10.9 Å². The highest BCUT2D eigenvalue weighted by molar-refractivity contribution is 6.42. The fourth-order valence-corrected chi connectivity index (χ4v) is 2.78. The summed E-state index contributed by atoms with van der Waals surface area (Å²) in [6.45, 7) is -0.00610. The molecule has 1 N–H and O–H groups in total. The predicted molar refractivity (Wildman–Crippen MR) is 84.0 cm³/mol. The Morgan fingerprint density at radius 1 is 1.22 bits per heavy atom. The van der Waals surface area contributed by atoms with Gasteiger partial charge in [-0.1, -0.05) is 23.2 Å². The normalized spacial score (nSPS) is 14.5. The lowest BCUT2D eigenvalue weighted by molar-refractivity contribution is 0.556. The van der Waals surface area contributed by atoms with E-state index < -0.39 is 11.2 Å². The van der Waals surface area contributed by atoms with Crippen molar-refractivity contribution in [1.29, 1.82) is 0 Å². The standard InChI is InChI=1S/C13H10Cl2N6O2/c14-8-3-7-10(4-9(8)15)16-13(23)20(12(7)22)5-11-17-18-19-21(11)6-1-2-6/h3-4,6H,1-2,5H2,(H,16,23). The van der Waals surface area contributed by atoms with Crippen LogP contribution in [0.4, 0.5) is 0 Å².